The number of carbonyl (C=O) groups excluding carboxylic acids is 1. The lowest BCUT2D eigenvalue weighted by Crippen LogP contribution is -2.24. The van der Waals surface area contributed by atoms with E-state index in [1.165, 1.54) is 0 Å². The highest BCUT2D eigenvalue weighted by Gasteiger charge is 2.04. The SMILES string of the molecule is CCCCNC(=O)CCC(C)C#N. The molecule has 0 radical (unpaired) electrons. The molecule has 0 spiro atoms. The van der Waals surface area contributed by atoms with E-state index in [9.17, 15) is 4.79 Å². The number of nitriles is 1. The normalized spacial score (nSPS) is 11.8. The molecule has 0 bridgehead atoms. The van der Waals surface area contributed by atoms with Gasteiger partial charge in [0.1, 0.15) is 0 Å². The van der Waals surface area contributed by atoms with E-state index in [0.29, 0.717) is 12.8 Å². The maximum Gasteiger partial charge on any atom is 0.220 e. The van der Waals surface area contributed by atoms with E-state index in [-0.39, 0.29) is 11.8 Å². The Labute approximate surface area is 80.1 Å². The van der Waals surface area contributed by atoms with Crippen LogP contribution in [0.25, 0.3) is 0 Å². The third kappa shape index (κ3) is 7.32. The van der Waals surface area contributed by atoms with Gasteiger partial charge in [-0.25, -0.2) is 0 Å². The molecule has 0 aromatic carbocycles. The van der Waals surface area contributed by atoms with E-state index in [1.54, 1.807) is 0 Å². The fourth-order valence-electron chi connectivity index (χ4n) is 0.905. The van der Waals surface area contributed by atoms with Crippen molar-refractivity contribution in [1.29, 1.82) is 5.26 Å². The van der Waals surface area contributed by atoms with Gasteiger partial charge in [0.2, 0.25) is 5.91 Å². The van der Waals surface area contributed by atoms with E-state index >= 15 is 0 Å². The Kier molecular flexibility index (Phi) is 6.99. The lowest BCUT2D eigenvalue weighted by atomic mass is 10.1. The lowest BCUT2D eigenvalue weighted by molar-refractivity contribution is -0.121. The van der Waals surface area contributed by atoms with Gasteiger partial charge in [0.25, 0.3) is 0 Å². The largest absolute Gasteiger partial charge is 0.356 e. The number of carbonyl (C=O) groups is 1. The maximum atomic E-state index is 11.1. The van der Waals surface area contributed by atoms with Crippen molar-refractivity contribution >= 4 is 5.91 Å². The van der Waals surface area contributed by atoms with Gasteiger partial charge in [0, 0.05) is 18.9 Å². The van der Waals surface area contributed by atoms with Gasteiger partial charge in [-0.2, -0.15) is 5.26 Å². The third-order valence-electron chi connectivity index (χ3n) is 1.88. The van der Waals surface area contributed by atoms with Crippen LogP contribution in [0.2, 0.25) is 0 Å². The summed E-state index contributed by atoms with van der Waals surface area (Å²) >= 11 is 0. The molecule has 3 nitrogen and oxygen atoms in total. The molecule has 1 amide bonds. The van der Waals surface area contributed by atoms with Crippen molar-refractivity contribution in [3.05, 3.63) is 0 Å². The molecular formula is C10H18N2O. The van der Waals surface area contributed by atoms with Gasteiger partial charge in [-0.3, -0.25) is 4.79 Å². The van der Waals surface area contributed by atoms with Crippen molar-refractivity contribution in [3.8, 4) is 6.07 Å². The predicted molar refractivity (Wildman–Crippen MR) is 51.9 cm³/mol. The minimum absolute atomic E-state index is 0.0167. The van der Waals surface area contributed by atoms with Crippen LogP contribution in [-0.2, 0) is 4.79 Å². The first-order valence-electron chi connectivity index (χ1n) is 4.87. The van der Waals surface area contributed by atoms with Crippen LogP contribution in [-0.4, -0.2) is 12.5 Å². The molecule has 0 aliphatic carbocycles. The summed E-state index contributed by atoms with van der Waals surface area (Å²) in [5.74, 6) is 0.0486. The number of unbranched alkanes of at least 4 members (excludes halogenated alkanes) is 1. The Morgan fingerprint density at radius 2 is 2.31 bits per heavy atom. The van der Waals surface area contributed by atoms with Gasteiger partial charge < -0.3 is 5.32 Å². The minimum Gasteiger partial charge on any atom is -0.356 e. The zero-order valence-electron chi connectivity index (χ0n) is 8.47. The quantitative estimate of drug-likeness (QED) is 0.637. The first kappa shape index (κ1) is 12.0. The Balaban J connectivity index is 3.36. The summed E-state index contributed by atoms with van der Waals surface area (Å²) in [4.78, 5) is 11.1. The number of hydrogen-bond donors (Lipinski definition) is 1. The lowest BCUT2D eigenvalue weighted by Gasteiger charge is -2.04. The van der Waals surface area contributed by atoms with Gasteiger partial charge in [-0.1, -0.05) is 13.3 Å². The van der Waals surface area contributed by atoms with Gasteiger partial charge in [-0.15, -0.1) is 0 Å². The fourth-order valence-corrected chi connectivity index (χ4v) is 0.905. The molecule has 13 heavy (non-hydrogen) atoms. The van der Waals surface area contributed by atoms with Crippen molar-refractivity contribution in [1.82, 2.24) is 5.32 Å². The maximum absolute atomic E-state index is 11.1. The molecule has 0 rings (SSSR count). The van der Waals surface area contributed by atoms with Crippen LogP contribution < -0.4 is 5.32 Å². The highest BCUT2D eigenvalue weighted by molar-refractivity contribution is 5.75. The van der Waals surface area contributed by atoms with E-state index < -0.39 is 0 Å². The second-order valence-corrected chi connectivity index (χ2v) is 3.27. The van der Waals surface area contributed by atoms with Crippen LogP contribution in [0.15, 0.2) is 0 Å². The minimum atomic E-state index is -0.0167. The Morgan fingerprint density at radius 1 is 1.62 bits per heavy atom. The van der Waals surface area contributed by atoms with E-state index in [2.05, 4.69) is 18.3 Å². The predicted octanol–water partition coefficient (Wildman–Crippen LogP) is 1.84. The second-order valence-electron chi connectivity index (χ2n) is 3.27. The molecule has 0 aliphatic rings. The van der Waals surface area contributed by atoms with Crippen molar-refractivity contribution in [2.75, 3.05) is 6.54 Å². The number of nitrogens with zero attached hydrogens (tertiary/aromatic N) is 1. The summed E-state index contributed by atoms with van der Waals surface area (Å²) in [7, 11) is 0. The van der Waals surface area contributed by atoms with Gasteiger partial charge in [0.15, 0.2) is 0 Å². The number of amides is 1. The molecule has 0 heterocycles. The van der Waals surface area contributed by atoms with Crippen LogP contribution in [0.5, 0.6) is 0 Å². The summed E-state index contributed by atoms with van der Waals surface area (Å²) < 4.78 is 0. The first-order valence-corrected chi connectivity index (χ1v) is 4.87. The second kappa shape index (κ2) is 7.60. The smallest absolute Gasteiger partial charge is 0.220 e. The van der Waals surface area contributed by atoms with Crippen LogP contribution >= 0.6 is 0 Å². The zero-order valence-corrected chi connectivity index (χ0v) is 8.47. The fraction of sp³-hybridized carbons (Fsp3) is 0.800. The first-order chi connectivity index (χ1) is 6.20. The molecule has 0 saturated heterocycles. The zero-order chi connectivity index (χ0) is 10.1. The molecule has 1 N–H and O–H groups in total. The van der Waals surface area contributed by atoms with E-state index in [0.717, 1.165) is 19.4 Å². The molecular weight excluding hydrogens is 164 g/mol. The van der Waals surface area contributed by atoms with E-state index in [1.807, 2.05) is 6.92 Å². The Morgan fingerprint density at radius 3 is 2.85 bits per heavy atom. The molecule has 0 aromatic heterocycles. The molecule has 1 unspecified atom stereocenters. The molecule has 3 heteroatoms. The molecule has 0 aliphatic heterocycles. The topological polar surface area (TPSA) is 52.9 Å². The number of nitrogens with one attached hydrogen (secondary N) is 1. The highest BCUT2D eigenvalue weighted by atomic mass is 16.1. The molecule has 74 valence electrons. The van der Waals surface area contributed by atoms with Gasteiger partial charge in [-0.05, 0) is 19.8 Å². The van der Waals surface area contributed by atoms with Crippen molar-refractivity contribution < 1.29 is 4.79 Å². The van der Waals surface area contributed by atoms with Crippen molar-refractivity contribution in [2.45, 2.75) is 39.5 Å². The standard InChI is InChI=1S/C10H18N2O/c1-3-4-7-12-10(13)6-5-9(2)8-11/h9H,3-7H2,1-2H3,(H,12,13). The van der Waals surface area contributed by atoms with Crippen molar-refractivity contribution in [3.63, 3.8) is 0 Å². The summed E-state index contributed by atoms with van der Waals surface area (Å²) in [5, 5.41) is 11.3. The monoisotopic (exact) mass is 182 g/mol. The number of hydrogen-bond acceptors (Lipinski definition) is 2. The van der Waals surface area contributed by atoms with E-state index in [4.69, 9.17) is 5.26 Å². The van der Waals surface area contributed by atoms with Gasteiger partial charge in [0.05, 0.1) is 6.07 Å². The number of rotatable bonds is 6. The van der Waals surface area contributed by atoms with Crippen LogP contribution in [0.1, 0.15) is 39.5 Å². The summed E-state index contributed by atoms with van der Waals surface area (Å²) in [5.41, 5.74) is 0. The molecule has 0 fully saturated rings. The Hall–Kier alpha value is -1.04. The van der Waals surface area contributed by atoms with Gasteiger partial charge >= 0.3 is 0 Å². The van der Waals surface area contributed by atoms with Crippen LogP contribution in [0.3, 0.4) is 0 Å². The molecule has 0 aromatic rings. The average Bonchev–Trinajstić information content (AvgIpc) is 2.14. The summed E-state index contributed by atoms with van der Waals surface area (Å²) in [6.45, 7) is 4.68. The average molecular weight is 182 g/mol. The highest BCUT2D eigenvalue weighted by Crippen LogP contribution is 2.02. The van der Waals surface area contributed by atoms with Crippen molar-refractivity contribution in [2.24, 2.45) is 5.92 Å². The Bertz CT molecular complexity index is 184. The summed E-state index contributed by atoms with van der Waals surface area (Å²) in [6, 6.07) is 2.11. The summed E-state index contributed by atoms with van der Waals surface area (Å²) in [6.07, 6.45) is 3.25. The van der Waals surface area contributed by atoms with Crippen LogP contribution in [0, 0.1) is 17.2 Å². The van der Waals surface area contributed by atoms with Crippen LogP contribution in [0.4, 0.5) is 0 Å². The molecule has 1 atom stereocenters. The third-order valence-corrected chi connectivity index (χ3v) is 1.88. The molecule has 0 saturated carbocycles.